The highest BCUT2D eigenvalue weighted by Gasteiger charge is 2.19. The molecule has 0 bridgehead atoms. The maximum absolute atomic E-state index is 6.31. The molecule has 0 aliphatic rings. The number of anilines is 1. The Morgan fingerprint density at radius 3 is 2.31 bits per heavy atom. The fraction of sp³-hybridized carbons (Fsp3) is 0.281. The van der Waals surface area contributed by atoms with Crippen molar-refractivity contribution in [2.24, 2.45) is 0 Å². The Bertz CT molecular complexity index is 1510. The Labute approximate surface area is 231 Å². The lowest BCUT2D eigenvalue weighted by molar-refractivity contribution is 0.266. The van der Waals surface area contributed by atoms with Crippen molar-refractivity contribution >= 4 is 17.0 Å². The summed E-state index contributed by atoms with van der Waals surface area (Å²) in [6.45, 7) is 6.44. The van der Waals surface area contributed by atoms with Crippen LogP contribution in [0, 0.1) is 0 Å². The molecule has 5 rings (SSSR count). The van der Waals surface area contributed by atoms with Gasteiger partial charge in [0.15, 0.2) is 11.5 Å². The van der Waals surface area contributed by atoms with Crippen LogP contribution in [0.4, 0.5) is 5.82 Å². The number of aromatic nitrogens is 4. The minimum Gasteiger partial charge on any atom is -0.383 e. The van der Waals surface area contributed by atoms with E-state index in [0.717, 1.165) is 65.7 Å². The van der Waals surface area contributed by atoms with Gasteiger partial charge >= 0.3 is 0 Å². The molecule has 0 amide bonds. The van der Waals surface area contributed by atoms with E-state index in [1.165, 1.54) is 18.4 Å². The molecule has 0 atom stereocenters. The van der Waals surface area contributed by atoms with E-state index in [1.54, 1.807) is 6.20 Å². The minimum absolute atomic E-state index is 0.446. The van der Waals surface area contributed by atoms with Crippen molar-refractivity contribution in [1.29, 1.82) is 0 Å². The molecule has 200 valence electrons. The molecule has 0 aliphatic heterocycles. The maximum atomic E-state index is 6.31. The number of nitrogen functional groups attached to an aromatic ring is 1. The van der Waals surface area contributed by atoms with Crippen molar-refractivity contribution in [3.05, 3.63) is 90.6 Å². The lowest BCUT2D eigenvalue weighted by Gasteiger charge is -2.21. The number of unbranched alkanes of at least 4 members (excludes halogenated alkanes) is 1. The van der Waals surface area contributed by atoms with Crippen LogP contribution >= 0.6 is 0 Å². The Kier molecular flexibility index (Phi) is 8.30. The van der Waals surface area contributed by atoms with Crippen molar-refractivity contribution in [2.45, 2.75) is 26.3 Å². The van der Waals surface area contributed by atoms with Crippen LogP contribution in [0.2, 0.25) is 0 Å². The highest BCUT2D eigenvalue weighted by Crippen LogP contribution is 2.31. The number of hydrogen-bond donors (Lipinski definition) is 1. The summed E-state index contributed by atoms with van der Waals surface area (Å²) in [7, 11) is 4.27. The average molecular weight is 520 g/mol. The molecular formula is C32H37N7. The van der Waals surface area contributed by atoms with Crippen molar-refractivity contribution in [1.82, 2.24) is 29.3 Å². The predicted molar refractivity (Wildman–Crippen MR) is 161 cm³/mol. The first kappa shape index (κ1) is 26.5. The van der Waals surface area contributed by atoms with Crippen molar-refractivity contribution in [3.63, 3.8) is 0 Å². The first-order chi connectivity index (χ1) is 19.0. The second-order valence-electron chi connectivity index (χ2n) is 10.2. The van der Waals surface area contributed by atoms with Gasteiger partial charge in [-0.2, -0.15) is 0 Å². The van der Waals surface area contributed by atoms with E-state index in [9.17, 15) is 0 Å². The summed E-state index contributed by atoms with van der Waals surface area (Å²) in [4.78, 5) is 19.1. The van der Waals surface area contributed by atoms with Crippen LogP contribution < -0.4 is 5.73 Å². The second kappa shape index (κ2) is 12.2. The summed E-state index contributed by atoms with van der Waals surface area (Å²) >= 11 is 0. The number of imidazole rings is 1. The minimum atomic E-state index is 0.446. The number of benzene rings is 2. The molecule has 0 saturated carbocycles. The monoisotopic (exact) mass is 519 g/mol. The molecule has 3 aromatic heterocycles. The zero-order valence-electron chi connectivity index (χ0n) is 23.1. The molecule has 39 heavy (non-hydrogen) atoms. The van der Waals surface area contributed by atoms with Gasteiger partial charge < -0.3 is 10.6 Å². The van der Waals surface area contributed by atoms with E-state index in [2.05, 4.69) is 76.8 Å². The van der Waals surface area contributed by atoms with Crippen molar-refractivity contribution in [3.8, 4) is 28.3 Å². The Morgan fingerprint density at radius 1 is 0.821 bits per heavy atom. The van der Waals surface area contributed by atoms with Gasteiger partial charge in [-0.3, -0.25) is 9.47 Å². The van der Waals surface area contributed by atoms with Crippen LogP contribution in [0.3, 0.4) is 0 Å². The fourth-order valence-corrected chi connectivity index (χ4v) is 4.88. The number of nitrogens with zero attached hydrogens (tertiary/aromatic N) is 6. The molecule has 5 aromatic rings. The third kappa shape index (κ3) is 6.16. The molecule has 0 fully saturated rings. The third-order valence-electron chi connectivity index (χ3n) is 7.03. The molecule has 2 aromatic carbocycles. The average Bonchev–Trinajstić information content (AvgIpc) is 3.34. The van der Waals surface area contributed by atoms with E-state index < -0.39 is 0 Å². The Hall–Kier alpha value is -4.07. The van der Waals surface area contributed by atoms with Gasteiger partial charge in [-0.25, -0.2) is 15.0 Å². The number of nitrogens with two attached hydrogens (primary N) is 1. The molecule has 0 aliphatic carbocycles. The van der Waals surface area contributed by atoms with Crippen LogP contribution in [0.15, 0.2) is 85.1 Å². The molecule has 0 spiro atoms. The molecular weight excluding hydrogens is 482 g/mol. The summed E-state index contributed by atoms with van der Waals surface area (Å²) in [5, 5.41) is 0. The summed E-state index contributed by atoms with van der Waals surface area (Å²) in [5.41, 5.74) is 12.9. The topological polar surface area (TPSA) is 76.1 Å². The normalized spacial score (nSPS) is 11.6. The highest BCUT2D eigenvalue weighted by molar-refractivity contribution is 5.84. The summed E-state index contributed by atoms with van der Waals surface area (Å²) in [5.74, 6) is 1.18. The van der Waals surface area contributed by atoms with Crippen LogP contribution in [-0.2, 0) is 6.54 Å². The van der Waals surface area contributed by atoms with Crippen LogP contribution in [0.5, 0.6) is 0 Å². The molecule has 2 N–H and O–H groups in total. The van der Waals surface area contributed by atoms with E-state index >= 15 is 0 Å². The van der Waals surface area contributed by atoms with E-state index in [4.69, 9.17) is 15.7 Å². The predicted octanol–water partition coefficient (Wildman–Crippen LogP) is 5.90. The lowest BCUT2D eigenvalue weighted by atomic mass is 10.1. The van der Waals surface area contributed by atoms with E-state index in [1.807, 2.05) is 42.5 Å². The van der Waals surface area contributed by atoms with Crippen molar-refractivity contribution < 1.29 is 0 Å². The van der Waals surface area contributed by atoms with Gasteiger partial charge in [0.05, 0.1) is 11.3 Å². The SMILES string of the molecule is CCN(CCCCN(C)C)Cc1ccc(-n2c(-c3cccnc3N)nc3ccc(-c4ccccc4)nc32)cc1. The molecule has 7 nitrogen and oxygen atoms in total. The smallest absolute Gasteiger partial charge is 0.165 e. The summed E-state index contributed by atoms with van der Waals surface area (Å²) < 4.78 is 2.10. The third-order valence-corrected chi connectivity index (χ3v) is 7.03. The quantitative estimate of drug-likeness (QED) is 0.219. The number of pyridine rings is 2. The Balaban J connectivity index is 1.49. The molecule has 0 unspecified atom stereocenters. The molecule has 0 saturated heterocycles. The number of hydrogen-bond acceptors (Lipinski definition) is 6. The number of fused-ring (bicyclic) bond motifs is 1. The standard InChI is InChI=1S/C32H37N7/c1-4-38(22-9-8-21-37(2)3)23-24-14-16-26(17-15-24)39-31(27-13-10-20-34-30(27)33)36-29-19-18-28(35-32(29)39)25-11-6-5-7-12-25/h5-7,10-20H,4,8-9,21-23H2,1-3H3,(H2,33,34). The van der Waals surface area contributed by atoms with Gasteiger partial charge in [-0.15, -0.1) is 0 Å². The molecule has 0 radical (unpaired) electrons. The lowest BCUT2D eigenvalue weighted by Crippen LogP contribution is -2.25. The van der Waals surface area contributed by atoms with Gasteiger partial charge in [0.2, 0.25) is 0 Å². The van der Waals surface area contributed by atoms with Gasteiger partial charge in [-0.05, 0) is 88.5 Å². The van der Waals surface area contributed by atoms with Gasteiger partial charge in [0, 0.05) is 24.0 Å². The first-order valence-corrected chi connectivity index (χ1v) is 13.7. The zero-order valence-corrected chi connectivity index (χ0v) is 23.1. The number of rotatable bonds is 11. The van der Waals surface area contributed by atoms with Gasteiger partial charge in [-0.1, -0.05) is 49.4 Å². The zero-order chi connectivity index (χ0) is 27.2. The van der Waals surface area contributed by atoms with Gasteiger partial charge in [0.25, 0.3) is 0 Å². The van der Waals surface area contributed by atoms with Crippen molar-refractivity contribution in [2.75, 3.05) is 39.5 Å². The maximum Gasteiger partial charge on any atom is 0.165 e. The van der Waals surface area contributed by atoms with Crippen LogP contribution in [0.1, 0.15) is 25.3 Å². The summed E-state index contributed by atoms with van der Waals surface area (Å²) in [6, 6.07) is 26.8. The largest absolute Gasteiger partial charge is 0.383 e. The summed E-state index contributed by atoms with van der Waals surface area (Å²) in [6.07, 6.45) is 4.12. The van der Waals surface area contributed by atoms with Gasteiger partial charge in [0.1, 0.15) is 11.3 Å². The second-order valence-corrected chi connectivity index (χ2v) is 10.2. The highest BCUT2D eigenvalue weighted by atomic mass is 15.1. The van der Waals surface area contributed by atoms with Crippen LogP contribution in [-0.4, -0.2) is 63.0 Å². The van der Waals surface area contributed by atoms with Crippen LogP contribution in [0.25, 0.3) is 39.5 Å². The fourth-order valence-electron chi connectivity index (χ4n) is 4.88. The van der Waals surface area contributed by atoms with E-state index in [0.29, 0.717) is 5.82 Å². The molecule has 3 heterocycles. The molecule has 7 heteroatoms. The van der Waals surface area contributed by atoms with E-state index in [-0.39, 0.29) is 0 Å². The first-order valence-electron chi connectivity index (χ1n) is 13.7. The Morgan fingerprint density at radius 2 is 1.59 bits per heavy atom.